The Balaban J connectivity index is 1.54. The summed E-state index contributed by atoms with van der Waals surface area (Å²) in [6.07, 6.45) is 0.251. The number of benzene rings is 2. The second kappa shape index (κ2) is 6.83. The second-order valence-electron chi connectivity index (χ2n) is 6.55. The van der Waals surface area contributed by atoms with E-state index in [1.54, 1.807) is 6.07 Å². The van der Waals surface area contributed by atoms with Crippen LogP contribution in [0.15, 0.2) is 47.0 Å². The van der Waals surface area contributed by atoms with Crippen molar-refractivity contribution in [3.05, 3.63) is 59.7 Å². The highest BCUT2D eigenvalue weighted by Crippen LogP contribution is 2.33. The van der Waals surface area contributed by atoms with E-state index in [9.17, 15) is 9.18 Å². The number of methoxy groups -OCH3 is 1. The molecule has 1 aromatic heterocycles. The molecule has 0 radical (unpaired) electrons. The van der Waals surface area contributed by atoms with E-state index < -0.39 is 5.82 Å². The van der Waals surface area contributed by atoms with Crippen molar-refractivity contribution in [3.63, 3.8) is 0 Å². The van der Waals surface area contributed by atoms with E-state index >= 15 is 0 Å². The molecule has 2 heterocycles. The van der Waals surface area contributed by atoms with Gasteiger partial charge in [0.05, 0.1) is 7.11 Å². The maximum atomic E-state index is 14.0. The van der Waals surface area contributed by atoms with Gasteiger partial charge in [-0.05, 0) is 31.2 Å². The standard InChI is InChI=1S/C20H18FN3O3/c1-12-3-5-13(6-4-12)20-22-19(23-27-20)14-9-18(25)24(11-14)15-7-8-17(26-2)16(21)10-15/h3-8,10,14H,9,11H2,1-2H3. The zero-order valence-corrected chi connectivity index (χ0v) is 15.0. The van der Waals surface area contributed by atoms with Crippen LogP contribution in [0.25, 0.3) is 11.5 Å². The molecule has 27 heavy (non-hydrogen) atoms. The molecule has 1 aliphatic heterocycles. The summed E-state index contributed by atoms with van der Waals surface area (Å²) in [5, 5.41) is 4.05. The highest BCUT2D eigenvalue weighted by atomic mass is 19.1. The quantitative estimate of drug-likeness (QED) is 0.703. The summed E-state index contributed by atoms with van der Waals surface area (Å²) >= 11 is 0. The Hall–Kier alpha value is -3.22. The zero-order valence-electron chi connectivity index (χ0n) is 15.0. The molecule has 2 aromatic carbocycles. The van der Waals surface area contributed by atoms with Crippen LogP contribution in [0.5, 0.6) is 5.75 Å². The van der Waals surface area contributed by atoms with Crippen molar-refractivity contribution < 1.29 is 18.4 Å². The Kier molecular flexibility index (Phi) is 4.35. The third-order valence-electron chi connectivity index (χ3n) is 4.68. The van der Waals surface area contributed by atoms with E-state index in [1.165, 1.54) is 24.1 Å². The lowest BCUT2D eigenvalue weighted by Gasteiger charge is -2.16. The zero-order chi connectivity index (χ0) is 19.0. The maximum Gasteiger partial charge on any atom is 0.257 e. The van der Waals surface area contributed by atoms with Crippen molar-refractivity contribution in [3.8, 4) is 17.2 Å². The molecule has 0 saturated carbocycles. The predicted molar refractivity (Wildman–Crippen MR) is 97.1 cm³/mol. The lowest BCUT2D eigenvalue weighted by molar-refractivity contribution is -0.117. The van der Waals surface area contributed by atoms with Gasteiger partial charge in [-0.25, -0.2) is 4.39 Å². The monoisotopic (exact) mass is 367 g/mol. The number of nitrogens with zero attached hydrogens (tertiary/aromatic N) is 3. The van der Waals surface area contributed by atoms with Gasteiger partial charge in [0, 0.05) is 36.2 Å². The highest BCUT2D eigenvalue weighted by Gasteiger charge is 2.35. The van der Waals surface area contributed by atoms with Crippen LogP contribution in [0.1, 0.15) is 23.7 Å². The Morgan fingerprint density at radius 1 is 1.22 bits per heavy atom. The minimum Gasteiger partial charge on any atom is -0.494 e. The molecule has 6 nitrogen and oxygen atoms in total. The van der Waals surface area contributed by atoms with Gasteiger partial charge < -0.3 is 14.2 Å². The first-order valence-electron chi connectivity index (χ1n) is 8.59. The fraction of sp³-hybridized carbons (Fsp3) is 0.250. The molecule has 1 aliphatic rings. The molecule has 4 rings (SSSR count). The molecule has 1 atom stereocenters. The fourth-order valence-corrected chi connectivity index (χ4v) is 3.17. The third-order valence-corrected chi connectivity index (χ3v) is 4.68. The Morgan fingerprint density at radius 3 is 2.70 bits per heavy atom. The first kappa shape index (κ1) is 17.2. The normalized spacial score (nSPS) is 16.8. The van der Waals surface area contributed by atoms with Crippen LogP contribution in [0.3, 0.4) is 0 Å². The number of aryl methyl sites for hydroxylation is 1. The van der Waals surface area contributed by atoms with Crippen molar-refractivity contribution in [1.29, 1.82) is 0 Å². The van der Waals surface area contributed by atoms with Crippen LogP contribution >= 0.6 is 0 Å². The number of aromatic nitrogens is 2. The lowest BCUT2D eigenvalue weighted by Crippen LogP contribution is -2.24. The molecule has 138 valence electrons. The minimum atomic E-state index is -0.507. The van der Waals surface area contributed by atoms with Gasteiger partial charge in [0.1, 0.15) is 0 Å². The number of hydrogen-bond acceptors (Lipinski definition) is 5. The van der Waals surface area contributed by atoms with Gasteiger partial charge in [0.15, 0.2) is 17.4 Å². The van der Waals surface area contributed by atoms with Gasteiger partial charge in [0.2, 0.25) is 5.91 Å². The van der Waals surface area contributed by atoms with E-state index in [4.69, 9.17) is 9.26 Å². The largest absolute Gasteiger partial charge is 0.494 e. The van der Waals surface area contributed by atoms with Gasteiger partial charge in [0.25, 0.3) is 5.89 Å². The van der Waals surface area contributed by atoms with Crippen LogP contribution in [-0.4, -0.2) is 29.7 Å². The summed E-state index contributed by atoms with van der Waals surface area (Å²) < 4.78 is 24.3. The SMILES string of the molecule is COc1ccc(N2CC(c3noc(-c4ccc(C)cc4)n3)CC2=O)cc1F. The first-order valence-corrected chi connectivity index (χ1v) is 8.59. The number of rotatable bonds is 4. The van der Waals surface area contributed by atoms with Crippen molar-refractivity contribution >= 4 is 11.6 Å². The van der Waals surface area contributed by atoms with Gasteiger partial charge >= 0.3 is 0 Å². The van der Waals surface area contributed by atoms with Crippen molar-refractivity contribution in [2.45, 2.75) is 19.3 Å². The van der Waals surface area contributed by atoms with Crippen molar-refractivity contribution in [1.82, 2.24) is 10.1 Å². The summed E-state index contributed by atoms with van der Waals surface area (Å²) in [7, 11) is 1.40. The Morgan fingerprint density at radius 2 is 2.00 bits per heavy atom. The number of anilines is 1. The van der Waals surface area contributed by atoms with Gasteiger partial charge in [-0.3, -0.25) is 4.79 Å². The molecule has 7 heteroatoms. The number of carbonyl (C=O) groups is 1. The maximum absolute atomic E-state index is 14.0. The fourth-order valence-electron chi connectivity index (χ4n) is 3.17. The topological polar surface area (TPSA) is 68.5 Å². The Bertz CT molecular complexity index is 984. The molecule has 0 aliphatic carbocycles. The minimum absolute atomic E-state index is 0.105. The molecule has 3 aromatic rings. The van der Waals surface area contributed by atoms with Crippen molar-refractivity contribution in [2.24, 2.45) is 0 Å². The molecule has 1 amide bonds. The van der Waals surface area contributed by atoms with Crippen LogP contribution < -0.4 is 9.64 Å². The van der Waals surface area contributed by atoms with E-state index in [0.717, 1.165) is 11.1 Å². The molecule has 0 bridgehead atoms. The summed E-state index contributed by atoms with van der Waals surface area (Å²) in [5.74, 6) is 0.231. The highest BCUT2D eigenvalue weighted by molar-refractivity contribution is 5.96. The summed E-state index contributed by atoms with van der Waals surface area (Å²) in [6.45, 7) is 2.38. The molecule has 1 fully saturated rings. The predicted octanol–water partition coefficient (Wildman–Crippen LogP) is 3.71. The van der Waals surface area contributed by atoms with Gasteiger partial charge in [-0.1, -0.05) is 22.9 Å². The summed E-state index contributed by atoms with van der Waals surface area (Å²) in [6, 6.07) is 12.2. The second-order valence-corrected chi connectivity index (χ2v) is 6.55. The third kappa shape index (κ3) is 3.28. The van der Waals surface area contributed by atoms with E-state index in [1.807, 2.05) is 31.2 Å². The van der Waals surface area contributed by atoms with E-state index in [2.05, 4.69) is 10.1 Å². The molecule has 1 saturated heterocycles. The Labute approximate surface area is 155 Å². The number of amides is 1. The average molecular weight is 367 g/mol. The van der Waals surface area contributed by atoms with Crippen molar-refractivity contribution in [2.75, 3.05) is 18.6 Å². The number of hydrogen-bond donors (Lipinski definition) is 0. The van der Waals surface area contributed by atoms with E-state index in [0.29, 0.717) is 23.9 Å². The lowest BCUT2D eigenvalue weighted by atomic mass is 10.1. The molecular formula is C20H18FN3O3. The van der Waals surface area contributed by atoms with Crippen LogP contribution in [0.4, 0.5) is 10.1 Å². The first-order chi connectivity index (χ1) is 13.0. The van der Waals surface area contributed by atoms with E-state index in [-0.39, 0.29) is 24.0 Å². The number of halogens is 1. The number of ether oxygens (including phenoxy) is 1. The number of carbonyl (C=O) groups excluding carboxylic acids is 1. The van der Waals surface area contributed by atoms with Crippen LogP contribution in [0, 0.1) is 12.7 Å². The van der Waals surface area contributed by atoms with Gasteiger partial charge in [-0.15, -0.1) is 0 Å². The van der Waals surface area contributed by atoms with Crippen LogP contribution in [-0.2, 0) is 4.79 Å². The smallest absolute Gasteiger partial charge is 0.257 e. The summed E-state index contributed by atoms with van der Waals surface area (Å²) in [4.78, 5) is 18.4. The van der Waals surface area contributed by atoms with Crippen LogP contribution in [0.2, 0.25) is 0 Å². The average Bonchev–Trinajstić information content (AvgIpc) is 3.29. The molecule has 1 unspecified atom stereocenters. The molecule has 0 N–H and O–H groups in total. The molecule has 0 spiro atoms. The summed E-state index contributed by atoms with van der Waals surface area (Å²) in [5.41, 5.74) is 2.46. The molecular weight excluding hydrogens is 349 g/mol. The van der Waals surface area contributed by atoms with Gasteiger partial charge in [-0.2, -0.15) is 4.98 Å².